The lowest BCUT2D eigenvalue weighted by Crippen LogP contribution is -2.32. The minimum atomic E-state index is -0.342. The van der Waals surface area contributed by atoms with Gasteiger partial charge in [0.25, 0.3) is 0 Å². The number of hydrogen-bond donors (Lipinski definition) is 0. The van der Waals surface area contributed by atoms with Crippen molar-refractivity contribution in [3.63, 3.8) is 0 Å². The summed E-state index contributed by atoms with van der Waals surface area (Å²) in [5.74, 6) is 0.799. The number of ether oxygens (including phenoxy) is 1. The second-order valence-electron chi connectivity index (χ2n) is 6.02. The maximum absolute atomic E-state index is 8.75. The smallest absolute Gasteiger partial charge is 0.131 e. The lowest BCUT2D eigenvalue weighted by atomic mass is 9.93. The molecule has 0 fully saturated rings. The zero-order chi connectivity index (χ0) is 16.3. The van der Waals surface area contributed by atoms with Crippen LogP contribution in [-0.4, -0.2) is 5.60 Å². The lowest BCUT2D eigenvalue weighted by Gasteiger charge is -2.33. The number of benzene rings is 1. The molecule has 1 aliphatic rings. The Morgan fingerprint density at radius 3 is 2.86 bits per heavy atom. The van der Waals surface area contributed by atoms with Gasteiger partial charge in [0.2, 0.25) is 0 Å². The van der Waals surface area contributed by atoms with Crippen LogP contribution in [0, 0.1) is 6.92 Å². The summed E-state index contributed by atoms with van der Waals surface area (Å²) in [5, 5.41) is 3.79. The normalized spacial score (nSPS) is 19.0. The third kappa shape index (κ3) is 3.54. The van der Waals surface area contributed by atoms with Crippen LogP contribution in [0.4, 0.5) is 5.69 Å². The number of halogens is 1. The maximum atomic E-state index is 8.75. The highest BCUT2D eigenvalue weighted by atomic mass is 79.9. The van der Waals surface area contributed by atoms with Gasteiger partial charge in [-0.05, 0) is 63.8 Å². The Bertz CT molecular complexity index is 698. The van der Waals surface area contributed by atoms with Crippen LogP contribution in [0.3, 0.4) is 0 Å². The third-order valence-corrected chi connectivity index (χ3v) is 4.31. The van der Waals surface area contributed by atoms with Crippen LogP contribution in [-0.2, 0) is 0 Å². The third-order valence-electron chi connectivity index (χ3n) is 3.70. The van der Waals surface area contributed by atoms with Gasteiger partial charge in [-0.3, -0.25) is 0 Å². The second kappa shape index (κ2) is 6.59. The minimum absolute atomic E-state index is 0.342. The average molecular weight is 362 g/mol. The number of aryl methyl sites for hydroxylation is 1. The summed E-state index contributed by atoms with van der Waals surface area (Å²) in [6.07, 6.45) is 8.15. The minimum Gasteiger partial charge on any atom is -0.483 e. The van der Waals surface area contributed by atoms with Gasteiger partial charge in [-0.15, -0.1) is 0 Å². The van der Waals surface area contributed by atoms with Crippen LogP contribution in [0.15, 0.2) is 33.4 Å². The summed E-state index contributed by atoms with van der Waals surface area (Å²) in [4.78, 5) is 2.91. The van der Waals surface area contributed by atoms with Crippen molar-refractivity contribution in [2.45, 2.75) is 46.1 Å². The Hall–Kier alpha value is -1.71. The number of hydrogen-bond acceptors (Lipinski definition) is 2. The molecule has 1 heterocycles. The summed E-state index contributed by atoms with van der Waals surface area (Å²) >= 11 is 3.45. The van der Waals surface area contributed by atoms with Crippen LogP contribution in [0.1, 0.15) is 44.7 Å². The molecule has 0 saturated heterocycles. The molecule has 1 aromatic rings. The predicted molar refractivity (Wildman–Crippen MR) is 94.4 cm³/mol. The molecular weight excluding hydrogens is 342 g/mol. The number of fused-ring (bicyclic) bond motifs is 1. The molecule has 0 amide bonds. The van der Waals surface area contributed by atoms with Crippen LogP contribution in [0.5, 0.6) is 5.75 Å². The molecule has 1 aliphatic heterocycles. The molecule has 0 radical (unpaired) electrons. The van der Waals surface area contributed by atoms with Crippen molar-refractivity contribution in [2.75, 3.05) is 0 Å². The summed E-state index contributed by atoms with van der Waals surface area (Å²) in [5.41, 5.74) is 12.2. The van der Waals surface area contributed by atoms with Crippen molar-refractivity contribution in [1.29, 1.82) is 0 Å². The van der Waals surface area contributed by atoms with Crippen LogP contribution < -0.4 is 4.74 Å². The van der Waals surface area contributed by atoms with Crippen LogP contribution in [0.2, 0.25) is 0 Å². The Morgan fingerprint density at radius 2 is 2.23 bits per heavy atom. The topological polar surface area (TPSA) is 58.0 Å². The second-order valence-corrected chi connectivity index (χ2v) is 6.88. The monoisotopic (exact) mass is 361 g/mol. The molecule has 0 saturated carbocycles. The fraction of sp³-hybridized carbons (Fsp3) is 0.412. The quantitative estimate of drug-likeness (QED) is 0.257. The van der Waals surface area contributed by atoms with Crippen LogP contribution in [0.25, 0.3) is 16.5 Å². The molecule has 1 atom stereocenters. The zero-order valence-electron chi connectivity index (χ0n) is 13.4. The number of azide groups is 1. The first-order chi connectivity index (χ1) is 10.4. The van der Waals surface area contributed by atoms with Gasteiger partial charge in [0.05, 0.1) is 5.69 Å². The molecule has 0 bridgehead atoms. The highest BCUT2D eigenvalue weighted by molar-refractivity contribution is 9.10. The van der Waals surface area contributed by atoms with Gasteiger partial charge in [0.15, 0.2) is 0 Å². The van der Waals surface area contributed by atoms with E-state index in [1.165, 1.54) is 5.57 Å². The van der Waals surface area contributed by atoms with Crippen molar-refractivity contribution in [2.24, 2.45) is 5.11 Å². The highest BCUT2D eigenvalue weighted by Gasteiger charge is 2.29. The molecule has 116 valence electrons. The Labute approximate surface area is 139 Å². The van der Waals surface area contributed by atoms with Gasteiger partial charge in [-0.2, -0.15) is 0 Å². The van der Waals surface area contributed by atoms with Crippen molar-refractivity contribution >= 4 is 27.7 Å². The van der Waals surface area contributed by atoms with Gasteiger partial charge < -0.3 is 4.74 Å². The van der Waals surface area contributed by atoms with E-state index in [0.29, 0.717) is 5.69 Å². The molecule has 5 heteroatoms. The Balaban J connectivity index is 2.38. The molecule has 0 spiro atoms. The molecule has 0 aromatic heterocycles. The molecule has 1 unspecified atom stereocenters. The van der Waals surface area contributed by atoms with Gasteiger partial charge >= 0.3 is 0 Å². The molecular formula is C17H20BrN3O. The van der Waals surface area contributed by atoms with Gasteiger partial charge in [0.1, 0.15) is 11.4 Å². The number of allylic oxidation sites excluding steroid dienone is 2. The van der Waals surface area contributed by atoms with Gasteiger partial charge in [-0.25, -0.2) is 0 Å². The summed E-state index contributed by atoms with van der Waals surface area (Å²) in [7, 11) is 0. The number of rotatable bonds is 4. The van der Waals surface area contributed by atoms with Gasteiger partial charge in [-0.1, -0.05) is 38.8 Å². The van der Waals surface area contributed by atoms with E-state index in [1.807, 2.05) is 19.1 Å². The van der Waals surface area contributed by atoms with Gasteiger partial charge in [0, 0.05) is 14.9 Å². The standard InChI is InChI=1S/C17H20BrN3O/c1-11(2)6-5-8-17(4)9-7-13-15(20-21-19)14(18)10-12(3)16(13)22-17/h6-7,9-10H,5,8H2,1-4H3. The fourth-order valence-corrected chi connectivity index (χ4v) is 3.15. The van der Waals surface area contributed by atoms with Crippen molar-refractivity contribution in [3.8, 4) is 5.75 Å². The molecule has 4 nitrogen and oxygen atoms in total. The molecule has 22 heavy (non-hydrogen) atoms. The van der Waals surface area contributed by atoms with E-state index < -0.39 is 0 Å². The SMILES string of the molecule is CC(C)=CCCC1(C)C=Cc2c(N=[N+]=[N-])c(Br)cc(C)c2O1. The van der Waals surface area contributed by atoms with Crippen molar-refractivity contribution in [1.82, 2.24) is 0 Å². The lowest BCUT2D eigenvalue weighted by molar-refractivity contribution is 0.128. The zero-order valence-corrected chi connectivity index (χ0v) is 14.9. The molecule has 0 aliphatic carbocycles. The van der Waals surface area contributed by atoms with E-state index in [1.54, 1.807) is 0 Å². The molecule has 2 rings (SSSR count). The Morgan fingerprint density at radius 1 is 1.50 bits per heavy atom. The van der Waals surface area contributed by atoms with E-state index in [2.05, 4.69) is 58.9 Å². The van der Waals surface area contributed by atoms with E-state index in [-0.39, 0.29) is 5.60 Å². The van der Waals surface area contributed by atoms with Crippen molar-refractivity contribution in [3.05, 3.63) is 49.8 Å². The summed E-state index contributed by atoms with van der Waals surface area (Å²) in [6, 6.07) is 1.93. The Kier molecular flexibility index (Phi) is 4.99. The first-order valence-electron chi connectivity index (χ1n) is 7.26. The van der Waals surface area contributed by atoms with E-state index in [4.69, 9.17) is 10.3 Å². The molecule has 1 aromatic carbocycles. The summed E-state index contributed by atoms with van der Waals surface area (Å²) in [6.45, 7) is 8.28. The predicted octanol–water partition coefficient (Wildman–Crippen LogP) is 6.61. The first-order valence-corrected chi connectivity index (χ1v) is 8.05. The largest absolute Gasteiger partial charge is 0.483 e. The first kappa shape index (κ1) is 16.7. The van der Waals surface area contributed by atoms with Crippen molar-refractivity contribution < 1.29 is 4.74 Å². The highest BCUT2D eigenvalue weighted by Crippen LogP contribution is 2.44. The van der Waals surface area contributed by atoms with E-state index in [0.717, 1.165) is 34.2 Å². The average Bonchev–Trinajstić information content (AvgIpc) is 2.43. The molecule has 0 N–H and O–H groups in total. The van der Waals surface area contributed by atoms with Crippen LogP contribution >= 0.6 is 15.9 Å². The fourth-order valence-electron chi connectivity index (χ4n) is 2.52. The maximum Gasteiger partial charge on any atom is 0.131 e. The van der Waals surface area contributed by atoms with E-state index >= 15 is 0 Å². The number of nitrogens with zero attached hydrogens (tertiary/aromatic N) is 3. The van der Waals surface area contributed by atoms with E-state index in [9.17, 15) is 0 Å². The summed E-state index contributed by atoms with van der Waals surface area (Å²) < 4.78 is 7.03.